The number of carboxylic acids is 1. The number of amides is 1. The van der Waals surface area contributed by atoms with Crippen molar-refractivity contribution in [3.63, 3.8) is 0 Å². The second-order valence-electron chi connectivity index (χ2n) is 4.44. The van der Waals surface area contributed by atoms with Gasteiger partial charge in [0, 0.05) is 18.9 Å². The third kappa shape index (κ3) is 4.85. The van der Waals surface area contributed by atoms with Crippen LogP contribution in [-0.2, 0) is 9.59 Å². The van der Waals surface area contributed by atoms with Crippen LogP contribution >= 0.6 is 0 Å². The summed E-state index contributed by atoms with van der Waals surface area (Å²) in [5.74, 6) is -0.953. The van der Waals surface area contributed by atoms with Crippen LogP contribution in [0.15, 0.2) is 0 Å². The van der Waals surface area contributed by atoms with Crippen molar-refractivity contribution >= 4 is 11.9 Å². The van der Waals surface area contributed by atoms with E-state index in [9.17, 15) is 9.59 Å². The molecule has 0 heterocycles. The highest BCUT2D eigenvalue weighted by Crippen LogP contribution is 2.24. The average molecular weight is 238 g/mol. The number of carbonyl (C=O) groups excluding carboxylic acids is 1. The number of carboxylic acid groups (broad SMARTS) is 1. The van der Waals surface area contributed by atoms with Gasteiger partial charge in [0.25, 0.3) is 0 Å². The summed E-state index contributed by atoms with van der Waals surface area (Å²) in [6.45, 7) is 0. The first-order valence-electron chi connectivity index (χ1n) is 6.04. The van der Waals surface area contributed by atoms with Gasteiger partial charge in [-0.3, -0.25) is 9.59 Å². The predicted octanol–water partition coefficient (Wildman–Crippen LogP) is 1.44. The molecule has 17 heavy (non-hydrogen) atoms. The predicted molar refractivity (Wildman–Crippen MR) is 61.0 cm³/mol. The largest absolute Gasteiger partial charge is 0.481 e. The zero-order valence-corrected chi connectivity index (χ0v) is 9.82. The number of carbonyl (C=O) groups is 2. The Labute approximate surface area is 101 Å². The molecule has 5 heteroatoms. The first-order valence-corrected chi connectivity index (χ1v) is 6.04. The van der Waals surface area contributed by atoms with Gasteiger partial charge in [-0.05, 0) is 32.1 Å². The monoisotopic (exact) mass is 238 g/mol. The molecule has 1 aliphatic carbocycles. The van der Waals surface area contributed by atoms with E-state index in [1.165, 1.54) is 0 Å². The quantitative estimate of drug-likeness (QED) is 0.685. The first kappa shape index (κ1) is 13.5. The summed E-state index contributed by atoms with van der Waals surface area (Å²) in [5.41, 5.74) is 0. The number of unbranched alkanes of at least 4 members (excludes halogenated alkanes) is 1. The minimum absolute atomic E-state index is 0.00743. The third-order valence-corrected chi connectivity index (χ3v) is 3.07. The smallest absolute Gasteiger partial charge is 0.303 e. The molecular weight excluding hydrogens is 220 g/mol. The molecule has 2 N–H and O–H groups in total. The summed E-state index contributed by atoms with van der Waals surface area (Å²) in [6.07, 6.45) is 4.29. The number of nitrogens with zero attached hydrogens (tertiary/aromatic N) is 1. The molecule has 0 aromatic carbocycles. The van der Waals surface area contributed by atoms with Crippen molar-refractivity contribution < 1.29 is 14.7 Å². The van der Waals surface area contributed by atoms with Crippen LogP contribution < -0.4 is 5.32 Å². The van der Waals surface area contributed by atoms with Crippen molar-refractivity contribution in [3.05, 3.63) is 0 Å². The Balaban J connectivity index is 2.16. The second-order valence-corrected chi connectivity index (χ2v) is 4.44. The molecule has 1 rings (SSSR count). The van der Waals surface area contributed by atoms with Gasteiger partial charge in [-0.2, -0.15) is 5.26 Å². The number of rotatable bonds is 6. The van der Waals surface area contributed by atoms with Crippen LogP contribution in [0, 0.1) is 17.2 Å². The third-order valence-electron chi connectivity index (χ3n) is 3.07. The molecule has 1 saturated carbocycles. The van der Waals surface area contributed by atoms with Gasteiger partial charge in [0.2, 0.25) is 5.91 Å². The zero-order valence-electron chi connectivity index (χ0n) is 9.82. The summed E-state index contributed by atoms with van der Waals surface area (Å²) in [5, 5.41) is 20.2. The molecule has 0 aromatic rings. The second kappa shape index (κ2) is 6.89. The molecule has 2 atom stereocenters. The number of aliphatic carboxylic acids is 1. The summed E-state index contributed by atoms with van der Waals surface area (Å²) in [7, 11) is 0. The molecule has 0 spiro atoms. The normalized spacial score (nSPS) is 23.0. The van der Waals surface area contributed by atoms with Crippen LogP contribution in [-0.4, -0.2) is 23.0 Å². The Kier molecular flexibility index (Phi) is 5.47. The molecule has 1 amide bonds. The van der Waals surface area contributed by atoms with Gasteiger partial charge in [0.05, 0.1) is 12.0 Å². The Bertz CT molecular complexity index is 322. The zero-order chi connectivity index (χ0) is 12.7. The van der Waals surface area contributed by atoms with Crippen LogP contribution in [0.3, 0.4) is 0 Å². The van der Waals surface area contributed by atoms with Crippen molar-refractivity contribution in [3.8, 4) is 6.07 Å². The number of hydrogen-bond donors (Lipinski definition) is 2. The molecule has 0 radical (unpaired) electrons. The van der Waals surface area contributed by atoms with E-state index in [1.807, 2.05) is 0 Å². The maximum Gasteiger partial charge on any atom is 0.303 e. The van der Waals surface area contributed by atoms with Gasteiger partial charge in [-0.15, -0.1) is 0 Å². The number of nitrogens with one attached hydrogen (secondary N) is 1. The summed E-state index contributed by atoms with van der Waals surface area (Å²) >= 11 is 0. The van der Waals surface area contributed by atoms with Gasteiger partial charge in [-0.1, -0.05) is 0 Å². The van der Waals surface area contributed by atoms with Crippen molar-refractivity contribution in [2.24, 2.45) is 5.92 Å². The van der Waals surface area contributed by atoms with Crippen LogP contribution in [0.25, 0.3) is 0 Å². The molecule has 0 aliphatic heterocycles. The lowest BCUT2D eigenvalue weighted by Crippen LogP contribution is -2.36. The Morgan fingerprint density at radius 1 is 1.29 bits per heavy atom. The van der Waals surface area contributed by atoms with Gasteiger partial charge in [0.15, 0.2) is 0 Å². The van der Waals surface area contributed by atoms with E-state index in [-0.39, 0.29) is 24.3 Å². The van der Waals surface area contributed by atoms with E-state index in [1.54, 1.807) is 0 Å². The van der Waals surface area contributed by atoms with E-state index >= 15 is 0 Å². The van der Waals surface area contributed by atoms with Crippen LogP contribution in [0.2, 0.25) is 0 Å². The van der Waals surface area contributed by atoms with E-state index in [2.05, 4.69) is 11.4 Å². The Morgan fingerprint density at radius 3 is 2.65 bits per heavy atom. The molecule has 94 valence electrons. The fraction of sp³-hybridized carbons (Fsp3) is 0.750. The van der Waals surface area contributed by atoms with Crippen LogP contribution in [0.5, 0.6) is 0 Å². The molecule has 5 nitrogen and oxygen atoms in total. The SMILES string of the molecule is N#CC1CCCC1NC(=O)CCCCC(=O)O. The number of hydrogen-bond acceptors (Lipinski definition) is 3. The Hall–Kier alpha value is -1.57. The standard InChI is InChI=1S/C12H18N2O3/c13-8-9-4-3-5-10(9)14-11(15)6-1-2-7-12(16)17/h9-10H,1-7H2,(H,14,15)(H,16,17). The lowest BCUT2D eigenvalue weighted by atomic mass is 10.1. The van der Waals surface area contributed by atoms with Crippen molar-refractivity contribution in [1.82, 2.24) is 5.32 Å². The van der Waals surface area contributed by atoms with Crippen molar-refractivity contribution in [2.75, 3.05) is 0 Å². The molecule has 0 saturated heterocycles. The minimum Gasteiger partial charge on any atom is -0.481 e. The molecular formula is C12H18N2O3. The van der Waals surface area contributed by atoms with Gasteiger partial charge in [-0.25, -0.2) is 0 Å². The maximum absolute atomic E-state index is 11.5. The van der Waals surface area contributed by atoms with Crippen molar-refractivity contribution in [2.45, 2.75) is 51.0 Å². The highest BCUT2D eigenvalue weighted by atomic mass is 16.4. The van der Waals surface area contributed by atoms with Gasteiger partial charge in [0.1, 0.15) is 0 Å². The minimum atomic E-state index is -0.828. The first-order chi connectivity index (χ1) is 8.13. The highest BCUT2D eigenvalue weighted by Gasteiger charge is 2.27. The lowest BCUT2D eigenvalue weighted by Gasteiger charge is -2.15. The molecule has 1 aliphatic rings. The summed E-state index contributed by atoms with van der Waals surface area (Å²) in [6, 6.07) is 2.20. The highest BCUT2D eigenvalue weighted by molar-refractivity contribution is 5.76. The van der Waals surface area contributed by atoms with Gasteiger partial charge >= 0.3 is 5.97 Å². The number of nitriles is 1. The molecule has 1 fully saturated rings. The summed E-state index contributed by atoms with van der Waals surface area (Å²) < 4.78 is 0. The summed E-state index contributed by atoms with van der Waals surface area (Å²) in [4.78, 5) is 21.8. The average Bonchev–Trinajstić information content (AvgIpc) is 2.71. The molecule has 0 bridgehead atoms. The van der Waals surface area contributed by atoms with Gasteiger partial charge < -0.3 is 10.4 Å². The molecule has 0 aromatic heterocycles. The van der Waals surface area contributed by atoms with E-state index < -0.39 is 5.97 Å². The fourth-order valence-electron chi connectivity index (χ4n) is 2.13. The fourth-order valence-corrected chi connectivity index (χ4v) is 2.13. The van der Waals surface area contributed by atoms with Crippen LogP contribution in [0.4, 0.5) is 0 Å². The van der Waals surface area contributed by atoms with Crippen LogP contribution in [0.1, 0.15) is 44.9 Å². The molecule has 2 unspecified atom stereocenters. The van der Waals surface area contributed by atoms with E-state index in [0.717, 1.165) is 19.3 Å². The van der Waals surface area contributed by atoms with E-state index in [0.29, 0.717) is 19.3 Å². The maximum atomic E-state index is 11.5. The Morgan fingerprint density at radius 2 is 2.00 bits per heavy atom. The van der Waals surface area contributed by atoms with Crippen molar-refractivity contribution in [1.29, 1.82) is 5.26 Å². The lowest BCUT2D eigenvalue weighted by molar-refractivity contribution is -0.137. The topological polar surface area (TPSA) is 90.2 Å². The van der Waals surface area contributed by atoms with E-state index in [4.69, 9.17) is 10.4 Å².